The van der Waals surface area contributed by atoms with Crippen molar-refractivity contribution in [3.8, 4) is 0 Å². The van der Waals surface area contributed by atoms with Crippen LogP contribution in [0.1, 0.15) is 20.3 Å². The minimum absolute atomic E-state index is 0.659. The average molecular weight is 160 g/mol. The van der Waals surface area contributed by atoms with E-state index in [4.69, 9.17) is 0 Å². The van der Waals surface area contributed by atoms with E-state index >= 15 is 0 Å². The summed E-state index contributed by atoms with van der Waals surface area (Å²) in [7, 11) is 0. The molecule has 0 nitrogen and oxygen atoms in total. The van der Waals surface area contributed by atoms with E-state index in [0.717, 1.165) is 6.42 Å². The fourth-order valence-corrected chi connectivity index (χ4v) is 1.53. The highest BCUT2D eigenvalue weighted by Gasteiger charge is 2.09. The second kappa shape index (κ2) is 4.10. The zero-order valence-corrected chi connectivity index (χ0v) is 7.88. The Morgan fingerprint density at radius 1 is 1.58 bits per heavy atom. The lowest BCUT2D eigenvalue weighted by atomic mass is 9.89. The van der Waals surface area contributed by atoms with Crippen LogP contribution >= 0.6 is 0 Å². The Morgan fingerprint density at radius 2 is 2.33 bits per heavy atom. The Hall–Kier alpha value is -1.04. The van der Waals surface area contributed by atoms with Crippen LogP contribution < -0.4 is 0 Å². The van der Waals surface area contributed by atoms with Gasteiger partial charge in [0.2, 0.25) is 0 Å². The largest absolute Gasteiger partial charge is 0.0991 e. The van der Waals surface area contributed by atoms with E-state index in [1.807, 2.05) is 12.2 Å². The van der Waals surface area contributed by atoms with Crippen LogP contribution in [0.3, 0.4) is 0 Å². The van der Waals surface area contributed by atoms with Gasteiger partial charge in [-0.05, 0) is 30.4 Å². The Bertz CT molecular complexity index is 251. The van der Waals surface area contributed by atoms with E-state index in [0.29, 0.717) is 5.92 Å². The van der Waals surface area contributed by atoms with Gasteiger partial charge in [-0.25, -0.2) is 0 Å². The van der Waals surface area contributed by atoms with E-state index < -0.39 is 0 Å². The summed E-state index contributed by atoms with van der Waals surface area (Å²) in [5, 5.41) is 0. The molecule has 0 heteroatoms. The minimum Gasteiger partial charge on any atom is -0.0991 e. The molecule has 0 radical (unpaired) electrons. The summed E-state index contributed by atoms with van der Waals surface area (Å²) >= 11 is 0. The maximum absolute atomic E-state index is 3.67. The first kappa shape index (κ1) is 9.05. The van der Waals surface area contributed by atoms with Crippen LogP contribution in [-0.2, 0) is 0 Å². The predicted molar refractivity (Wildman–Crippen MR) is 55.0 cm³/mol. The molecule has 0 aromatic rings. The van der Waals surface area contributed by atoms with Crippen LogP contribution in [0.25, 0.3) is 0 Å². The predicted octanol–water partition coefficient (Wildman–Crippen LogP) is 3.64. The van der Waals surface area contributed by atoms with E-state index in [2.05, 4.69) is 38.7 Å². The third kappa shape index (κ3) is 1.97. The zero-order valence-electron chi connectivity index (χ0n) is 7.88. The Morgan fingerprint density at radius 3 is 2.92 bits per heavy atom. The molecule has 0 aliphatic heterocycles. The molecular formula is C12H16. The molecule has 0 heterocycles. The Balaban J connectivity index is 2.88. The molecule has 0 N–H and O–H groups in total. The maximum Gasteiger partial charge on any atom is -0.0153 e. The van der Waals surface area contributed by atoms with Gasteiger partial charge in [-0.2, -0.15) is 0 Å². The average Bonchev–Trinajstić information content (AvgIpc) is 2.04. The highest BCUT2D eigenvalue weighted by Crippen LogP contribution is 2.25. The molecule has 0 amide bonds. The number of rotatable bonds is 2. The molecule has 0 saturated heterocycles. The van der Waals surface area contributed by atoms with Gasteiger partial charge in [-0.3, -0.25) is 0 Å². The molecule has 0 spiro atoms. The standard InChI is InChI=1S/C12H16/c1-4-5-9-12-10(2)7-6-8-11(12)3/h4-7,9,11H,1,8H2,2-3H3/b9-5-. The van der Waals surface area contributed by atoms with Gasteiger partial charge in [0.15, 0.2) is 0 Å². The molecule has 64 valence electrons. The van der Waals surface area contributed by atoms with Crippen molar-refractivity contribution in [1.82, 2.24) is 0 Å². The van der Waals surface area contributed by atoms with Crippen molar-refractivity contribution < 1.29 is 0 Å². The fraction of sp³-hybridized carbons (Fsp3) is 0.333. The third-order valence-electron chi connectivity index (χ3n) is 2.26. The van der Waals surface area contributed by atoms with Crippen molar-refractivity contribution in [2.45, 2.75) is 20.3 Å². The second-order valence-electron chi connectivity index (χ2n) is 3.27. The lowest BCUT2D eigenvalue weighted by Gasteiger charge is -2.17. The molecule has 0 aromatic carbocycles. The second-order valence-corrected chi connectivity index (χ2v) is 3.27. The minimum atomic E-state index is 0.659. The van der Waals surface area contributed by atoms with Gasteiger partial charge in [0.1, 0.15) is 0 Å². The summed E-state index contributed by atoms with van der Waals surface area (Å²) in [6.45, 7) is 8.09. The van der Waals surface area contributed by atoms with Crippen molar-refractivity contribution in [2.75, 3.05) is 0 Å². The van der Waals surface area contributed by atoms with Crippen molar-refractivity contribution in [3.05, 3.63) is 48.1 Å². The number of hydrogen-bond acceptors (Lipinski definition) is 0. The van der Waals surface area contributed by atoms with Gasteiger partial charge >= 0.3 is 0 Å². The van der Waals surface area contributed by atoms with Gasteiger partial charge in [0.25, 0.3) is 0 Å². The summed E-state index contributed by atoms with van der Waals surface area (Å²) in [6.07, 6.45) is 11.6. The van der Waals surface area contributed by atoms with E-state index in [-0.39, 0.29) is 0 Å². The summed E-state index contributed by atoms with van der Waals surface area (Å²) in [5.41, 5.74) is 2.82. The topological polar surface area (TPSA) is 0 Å². The molecule has 0 saturated carbocycles. The first-order chi connectivity index (χ1) is 5.75. The summed E-state index contributed by atoms with van der Waals surface area (Å²) < 4.78 is 0. The molecule has 0 aromatic heterocycles. The molecular weight excluding hydrogens is 144 g/mol. The van der Waals surface area contributed by atoms with E-state index in [9.17, 15) is 0 Å². The molecule has 1 aliphatic carbocycles. The first-order valence-corrected chi connectivity index (χ1v) is 4.42. The lowest BCUT2D eigenvalue weighted by Crippen LogP contribution is -2.01. The smallest absolute Gasteiger partial charge is 0.0153 e. The molecule has 1 atom stereocenters. The lowest BCUT2D eigenvalue weighted by molar-refractivity contribution is 0.695. The van der Waals surface area contributed by atoms with Crippen LogP contribution in [0.4, 0.5) is 0 Å². The SMILES string of the molecule is C=C/C=C\C1=C(C)C=CCC1C. The quantitative estimate of drug-likeness (QED) is 0.541. The van der Waals surface area contributed by atoms with Gasteiger partial charge in [-0.1, -0.05) is 43.9 Å². The highest BCUT2D eigenvalue weighted by molar-refractivity contribution is 5.37. The fourth-order valence-electron chi connectivity index (χ4n) is 1.53. The van der Waals surface area contributed by atoms with Crippen LogP contribution in [-0.4, -0.2) is 0 Å². The van der Waals surface area contributed by atoms with Crippen LogP contribution in [0.5, 0.6) is 0 Å². The molecule has 12 heavy (non-hydrogen) atoms. The molecule has 1 aliphatic rings. The van der Waals surface area contributed by atoms with Gasteiger partial charge in [0.05, 0.1) is 0 Å². The van der Waals surface area contributed by atoms with Crippen LogP contribution in [0.2, 0.25) is 0 Å². The van der Waals surface area contributed by atoms with E-state index in [1.165, 1.54) is 11.1 Å². The van der Waals surface area contributed by atoms with Crippen molar-refractivity contribution in [2.24, 2.45) is 5.92 Å². The maximum atomic E-state index is 3.67. The highest BCUT2D eigenvalue weighted by atomic mass is 14.1. The summed E-state index contributed by atoms with van der Waals surface area (Å²) in [5.74, 6) is 0.659. The molecule has 1 unspecified atom stereocenters. The van der Waals surface area contributed by atoms with Crippen molar-refractivity contribution in [1.29, 1.82) is 0 Å². The molecule has 0 fully saturated rings. The zero-order chi connectivity index (χ0) is 8.97. The number of hydrogen-bond donors (Lipinski definition) is 0. The van der Waals surface area contributed by atoms with E-state index in [1.54, 1.807) is 0 Å². The Labute approximate surface area is 75.0 Å². The van der Waals surface area contributed by atoms with Crippen LogP contribution in [0, 0.1) is 5.92 Å². The molecule has 0 bridgehead atoms. The summed E-state index contributed by atoms with van der Waals surface area (Å²) in [4.78, 5) is 0. The van der Waals surface area contributed by atoms with Crippen molar-refractivity contribution >= 4 is 0 Å². The summed E-state index contributed by atoms with van der Waals surface area (Å²) in [6, 6.07) is 0. The van der Waals surface area contributed by atoms with Gasteiger partial charge in [0, 0.05) is 0 Å². The third-order valence-corrected chi connectivity index (χ3v) is 2.26. The van der Waals surface area contributed by atoms with Gasteiger partial charge < -0.3 is 0 Å². The monoisotopic (exact) mass is 160 g/mol. The number of allylic oxidation sites excluding steroid dienone is 7. The van der Waals surface area contributed by atoms with Gasteiger partial charge in [-0.15, -0.1) is 0 Å². The Kier molecular flexibility index (Phi) is 3.09. The first-order valence-electron chi connectivity index (χ1n) is 4.42. The van der Waals surface area contributed by atoms with Crippen molar-refractivity contribution in [3.63, 3.8) is 0 Å². The molecule has 1 rings (SSSR count). The normalized spacial score (nSPS) is 23.7. The van der Waals surface area contributed by atoms with Crippen LogP contribution in [0.15, 0.2) is 48.1 Å².